The molecule has 0 radical (unpaired) electrons. The molecule has 0 aliphatic heterocycles. The van der Waals surface area contributed by atoms with Gasteiger partial charge in [0.1, 0.15) is 84.6 Å². The van der Waals surface area contributed by atoms with Crippen molar-refractivity contribution in [1.82, 2.24) is 100 Å². The summed E-state index contributed by atoms with van der Waals surface area (Å²) in [5, 5.41) is 133. The predicted octanol–water partition coefficient (Wildman–Crippen LogP) is -12.3. The lowest BCUT2D eigenvalue weighted by molar-refractivity contribution is -0.143. The average molecular weight is 2020 g/mol. The molecule has 1 aromatic carbocycles. The average Bonchev–Trinajstić information content (AvgIpc) is 1.03. The predicted molar refractivity (Wildman–Crippen MR) is 473 cm³/mol. The Labute approximate surface area is 804 Å². The van der Waals surface area contributed by atoms with Crippen LogP contribution in [0.25, 0.3) is 0 Å². The number of aliphatic carboxylic acids is 9. The third kappa shape index (κ3) is 49.5. The lowest BCUT2D eigenvalue weighted by Crippen LogP contribution is -2.61. The highest BCUT2D eigenvalue weighted by atomic mass is 16.4. The van der Waals surface area contributed by atoms with Crippen molar-refractivity contribution in [2.45, 2.75) is 247 Å². The quantitative estimate of drug-likeness (QED) is 0.0292. The number of carboxylic acids is 9. The summed E-state index contributed by atoms with van der Waals surface area (Å²) >= 11 is 0. The van der Waals surface area contributed by atoms with Gasteiger partial charge in [-0.2, -0.15) is 0 Å². The van der Waals surface area contributed by atoms with Gasteiger partial charge in [0, 0.05) is 57.6 Å². The number of aliphatic hydroxyl groups excluding tert-OH is 1. The number of aromatic amines is 1. The van der Waals surface area contributed by atoms with Crippen LogP contribution < -0.4 is 108 Å². The van der Waals surface area contributed by atoms with E-state index < -0.39 is 398 Å². The zero-order chi connectivity index (χ0) is 107. The first kappa shape index (κ1) is 122. The highest BCUT2D eigenvalue weighted by molar-refractivity contribution is 6.03. The van der Waals surface area contributed by atoms with E-state index in [4.69, 9.17) is 22.3 Å². The summed E-state index contributed by atoms with van der Waals surface area (Å²) in [6.07, 6.45) is -13.6. The van der Waals surface area contributed by atoms with Crippen LogP contribution in [0.5, 0.6) is 0 Å². The van der Waals surface area contributed by atoms with Crippen molar-refractivity contribution in [2.24, 2.45) is 29.0 Å². The van der Waals surface area contributed by atoms with Crippen LogP contribution in [0.15, 0.2) is 42.9 Å². The Balaban J connectivity index is 2.47. The first-order valence-corrected chi connectivity index (χ1v) is 43.4. The summed E-state index contributed by atoms with van der Waals surface area (Å²) in [4.78, 5) is 372. The molecule has 0 aliphatic rings. The molecule has 34 N–H and O–H groups in total. The molecule has 0 bridgehead atoms. The standard InChI is InChI=1S/C82H118N22O38/c1-36(2)22-47(75(134)103-53(82(141)142)25-39-30-86-35-90-39)97-72(131)44(11-17-56(85)107)96-81(140)54(34-105)104-76(135)48(23-37(3)4)98-79(138)52(29-67(125)126)102-77(136)49(24-38-8-6-5-7-9-38)99-80(139)51(28-66(123)124)101-73(132)43(10-16-55(84)106)95-78(137)50(27-65(121)122)100-74(133)46(15-21-63(117)118)94-70(129)42(13-19-61(113)114)91-59(110)33-88-57(108)31-87-58(109)32-89-69(128)41(12-18-60(111)112)93-71(130)45(14-20-62(115)116)92-68(127)40(83)26-64(119)120/h5-9,30,35-37,40-54,105H,10-29,31-34,83H2,1-4H3,(H2,84,106)(H2,85,107)(H,86,90)(H,87,109)(H,88,108)(H,89,128)(H,91,110)(H,92,127)(H,93,130)(H,94,129)(H,95,137)(H,96,140)(H,97,131)(H,98,138)(H,99,139)(H,100,133)(H,101,132)(H,102,136)(H,103,134)(H,104,135)(H,111,112)(H,113,114)(H,115,116)(H,117,118)(H,119,120)(H,121,122)(H,123,124)(H,125,126)(H,141,142)/t40-,41-,42-,43-,44-,45-,46-,47-,48-,49-,50-,51-,52-,53-,54-/m0/s1. The minimum atomic E-state index is -2.43. The molecule has 0 saturated heterocycles. The Hall–Kier alpha value is -16.5. The summed E-state index contributed by atoms with van der Waals surface area (Å²) in [5.74, 6) is -41.0. The number of rotatable bonds is 70. The van der Waals surface area contributed by atoms with E-state index in [1.54, 1.807) is 13.8 Å². The molecule has 0 unspecified atom stereocenters. The fourth-order valence-corrected chi connectivity index (χ4v) is 12.7. The number of nitrogens with zero attached hydrogens (tertiary/aromatic N) is 1. The van der Waals surface area contributed by atoms with E-state index >= 15 is 0 Å². The van der Waals surface area contributed by atoms with Crippen LogP contribution in [-0.4, -0.2) is 344 Å². The normalized spacial score (nSPS) is 14.1. The van der Waals surface area contributed by atoms with Crippen molar-refractivity contribution in [1.29, 1.82) is 0 Å². The molecular weight excluding hydrogens is 1900 g/mol. The molecule has 784 valence electrons. The van der Waals surface area contributed by atoms with E-state index in [1.807, 2.05) is 47.9 Å². The molecule has 60 nitrogen and oxygen atoms in total. The maximum atomic E-state index is 14.6. The number of nitrogens with one attached hydrogen (secondary N) is 18. The van der Waals surface area contributed by atoms with Crippen molar-refractivity contribution in [3.05, 3.63) is 54.1 Å². The number of benzene rings is 1. The second kappa shape index (κ2) is 62.4. The molecule has 0 saturated carbocycles. The van der Waals surface area contributed by atoms with Gasteiger partial charge in [0.25, 0.3) is 0 Å². The Morgan fingerprint density at radius 1 is 0.303 bits per heavy atom. The smallest absolute Gasteiger partial charge is 0.326 e. The molecule has 1 heterocycles. The number of H-pyrrole nitrogens is 1. The molecule has 0 fully saturated rings. The highest BCUT2D eigenvalue weighted by Crippen LogP contribution is 2.16. The van der Waals surface area contributed by atoms with Gasteiger partial charge >= 0.3 is 53.7 Å². The number of aliphatic hydroxyl groups is 1. The number of primary amides is 2. The number of carbonyl (C=O) groups is 28. The lowest BCUT2D eigenvalue weighted by Gasteiger charge is -2.28. The SMILES string of the molecule is CC(C)C[C@H](NC(=O)[C@H](CCC(N)=O)NC(=O)[C@H](CO)NC(=O)[C@H](CC(C)C)NC(=O)[C@H](CC(=O)O)NC(=O)[C@H](Cc1ccccc1)NC(=O)[C@H](CC(=O)O)NC(=O)[C@H](CCC(N)=O)NC(=O)[C@H](CC(=O)O)NC(=O)[C@H](CCC(=O)O)NC(=O)[C@H](CCC(=O)O)NC(=O)CNC(=O)CNC(=O)CNC(=O)[C@H](CCC(=O)O)NC(=O)[C@H](CCC(=O)O)NC(=O)[C@@H](N)CC(=O)O)C(=O)N[C@@H](Cc1c[nH]cn1)C(=O)O. The molecular formula is C82H118N22O38. The topological polar surface area (TPSA) is 992 Å². The molecule has 15 atom stereocenters. The van der Waals surface area contributed by atoms with Gasteiger partial charge in [-0.25, -0.2) is 9.78 Å². The zero-order valence-electron chi connectivity index (χ0n) is 76.9. The second-order valence-corrected chi connectivity index (χ2v) is 32.7. The van der Waals surface area contributed by atoms with Crippen LogP contribution in [0, 0.1) is 11.8 Å². The fourth-order valence-electron chi connectivity index (χ4n) is 12.7. The number of imidazole rings is 1. The zero-order valence-corrected chi connectivity index (χ0v) is 76.9. The minimum Gasteiger partial charge on any atom is -0.481 e. The van der Waals surface area contributed by atoms with Crippen LogP contribution in [-0.2, 0) is 147 Å². The van der Waals surface area contributed by atoms with E-state index in [1.165, 1.54) is 56.7 Å². The molecule has 0 aliphatic carbocycles. The number of amides is 19. The highest BCUT2D eigenvalue weighted by Gasteiger charge is 2.41. The number of carbonyl (C=O) groups excluding carboxylic acids is 19. The lowest BCUT2D eigenvalue weighted by atomic mass is 10.0. The Bertz CT molecular complexity index is 4860. The van der Waals surface area contributed by atoms with Gasteiger partial charge in [-0.3, -0.25) is 129 Å². The minimum absolute atomic E-state index is 0.116. The number of hydrogen-bond donors (Lipinski definition) is 31. The number of aromatic nitrogens is 2. The summed E-state index contributed by atoms with van der Waals surface area (Å²) in [5.41, 5.74) is 16.7. The van der Waals surface area contributed by atoms with Crippen molar-refractivity contribution < 1.29 is 185 Å². The van der Waals surface area contributed by atoms with Gasteiger partial charge in [-0.1, -0.05) is 58.0 Å². The largest absolute Gasteiger partial charge is 0.481 e. The van der Waals surface area contributed by atoms with Crippen molar-refractivity contribution in [3.63, 3.8) is 0 Å². The molecule has 60 heteroatoms. The summed E-state index contributed by atoms with van der Waals surface area (Å²) in [6.45, 7) is 1.99. The molecule has 142 heavy (non-hydrogen) atoms. The van der Waals surface area contributed by atoms with Gasteiger partial charge in [-0.05, 0) is 68.8 Å². The third-order valence-electron chi connectivity index (χ3n) is 19.8. The van der Waals surface area contributed by atoms with Crippen LogP contribution >= 0.6 is 0 Å². The Morgan fingerprint density at radius 2 is 0.585 bits per heavy atom. The molecule has 19 amide bonds. The molecule has 2 rings (SSSR count). The monoisotopic (exact) mass is 2020 g/mol. The Kier molecular flexibility index (Phi) is 53.4. The van der Waals surface area contributed by atoms with E-state index in [9.17, 15) is 180 Å². The first-order valence-electron chi connectivity index (χ1n) is 43.4. The van der Waals surface area contributed by atoms with Crippen LogP contribution in [0.4, 0.5) is 0 Å². The first-order chi connectivity index (χ1) is 66.5. The van der Waals surface area contributed by atoms with Crippen molar-refractivity contribution in [2.75, 3.05) is 26.2 Å². The number of carboxylic acid groups (broad SMARTS) is 9. The number of hydrogen-bond acceptors (Lipinski definition) is 31. The van der Waals surface area contributed by atoms with Gasteiger partial charge in [0.2, 0.25) is 112 Å². The fraction of sp³-hybridized carbons (Fsp3) is 0.549. The molecule has 2 aromatic rings. The van der Waals surface area contributed by atoms with Gasteiger partial charge in [-0.15, -0.1) is 0 Å². The number of nitrogens with two attached hydrogens (primary N) is 3. The van der Waals surface area contributed by atoms with E-state index in [0.717, 1.165) is 0 Å². The molecule has 0 spiro atoms. The maximum Gasteiger partial charge on any atom is 0.326 e. The van der Waals surface area contributed by atoms with Crippen LogP contribution in [0.3, 0.4) is 0 Å². The summed E-state index contributed by atoms with van der Waals surface area (Å²) < 4.78 is 0. The van der Waals surface area contributed by atoms with Crippen molar-refractivity contribution >= 4 is 166 Å². The molecule has 1 aromatic heterocycles. The third-order valence-corrected chi connectivity index (χ3v) is 19.8. The van der Waals surface area contributed by atoms with E-state index in [-0.39, 0.29) is 36.4 Å². The summed E-state index contributed by atoms with van der Waals surface area (Å²) in [6, 6.07) is -22.4. The van der Waals surface area contributed by atoms with Crippen molar-refractivity contribution in [3.8, 4) is 0 Å². The van der Waals surface area contributed by atoms with Crippen LogP contribution in [0.2, 0.25) is 0 Å². The van der Waals surface area contributed by atoms with Gasteiger partial charge in [0.05, 0.1) is 70.0 Å². The van der Waals surface area contributed by atoms with E-state index in [0.29, 0.717) is 0 Å². The second-order valence-electron chi connectivity index (χ2n) is 32.7. The van der Waals surface area contributed by atoms with Gasteiger partial charge in [0.15, 0.2) is 0 Å². The van der Waals surface area contributed by atoms with Crippen LogP contribution in [0.1, 0.15) is 155 Å². The Morgan fingerprint density at radius 3 is 0.915 bits per heavy atom. The summed E-state index contributed by atoms with van der Waals surface area (Å²) in [7, 11) is 0. The van der Waals surface area contributed by atoms with Gasteiger partial charge < -0.3 is 164 Å². The van der Waals surface area contributed by atoms with E-state index in [2.05, 4.69) is 52.5 Å². The maximum absolute atomic E-state index is 14.6.